The number of ether oxygens (including phenoxy) is 1. The average molecular weight is 394 g/mol. The van der Waals surface area contributed by atoms with E-state index in [0.29, 0.717) is 5.92 Å². The van der Waals surface area contributed by atoms with Gasteiger partial charge in [-0.05, 0) is 62.6 Å². The van der Waals surface area contributed by atoms with Crippen molar-refractivity contribution in [1.29, 1.82) is 0 Å². The third-order valence-electron chi connectivity index (χ3n) is 6.83. The summed E-state index contributed by atoms with van der Waals surface area (Å²) in [6.07, 6.45) is 5.48. The first-order valence-electron chi connectivity index (χ1n) is 11.2. The lowest BCUT2D eigenvalue weighted by atomic mass is 9.89. The van der Waals surface area contributed by atoms with Gasteiger partial charge in [0.15, 0.2) is 0 Å². The van der Waals surface area contributed by atoms with Crippen LogP contribution >= 0.6 is 0 Å². The maximum atomic E-state index is 13.7. The van der Waals surface area contributed by atoms with Crippen molar-refractivity contribution in [1.82, 2.24) is 14.8 Å². The first-order valence-corrected chi connectivity index (χ1v) is 11.2. The minimum Gasteiger partial charge on any atom is -0.381 e. The van der Waals surface area contributed by atoms with E-state index in [9.17, 15) is 4.79 Å². The molecule has 1 aromatic heterocycles. The lowest BCUT2D eigenvalue weighted by Gasteiger charge is -2.36. The summed E-state index contributed by atoms with van der Waals surface area (Å²) in [5, 5.41) is 1.04. The topological polar surface area (TPSA) is 45.7 Å². The van der Waals surface area contributed by atoms with Gasteiger partial charge in [-0.2, -0.15) is 0 Å². The number of rotatable bonds is 3. The monoisotopic (exact) mass is 393 g/mol. The van der Waals surface area contributed by atoms with Gasteiger partial charge in [0.1, 0.15) is 0 Å². The quantitative estimate of drug-likeness (QED) is 0.803. The van der Waals surface area contributed by atoms with Gasteiger partial charge in [0.25, 0.3) is 5.91 Å². The molecule has 29 heavy (non-hydrogen) atoms. The highest BCUT2D eigenvalue weighted by Gasteiger charge is 2.29. The second kappa shape index (κ2) is 8.04. The van der Waals surface area contributed by atoms with Crippen LogP contribution < -0.4 is 0 Å². The number of amides is 1. The van der Waals surface area contributed by atoms with Gasteiger partial charge in [0.2, 0.25) is 0 Å². The SMILES string of the molecule is Cc1ccc2nc3c(c(C(=O)N4CCN(CC5CCOC5)CC4)c2c1)CCCC3. The molecule has 0 spiro atoms. The van der Waals surface area contributed by atoms with Crippen LogP contribution in [0.5, 0.6) is 0 Å². The van der Waals surface area contributed by atoms with Crippen molar-refractivity contribution in [2.24, 2.45) is 5.92 Å². The summed E-state index contributed by atoms with van der Waals surface area (Å²) < 4.78 is 5.52. The van der Waals surface area contributed by atoms with Crippen LogP contribution in [0, 0.1) is 12.8 Å². The zero-order valence-electron chi connectivity index (χ0n) is 17.5. The molecule has 3 heterocycles. The number of piperazine rings is 1. The Bertz CT molecular complexity index is 912. The van der Waals surface area contributed by atoms with Gasteiger partial charge < -0.3 is 9.64 Å². The molecule has 0 N–H and O–H groups in total. The number of pyridine rings is 1. The Hall–Kier alpha value is -1.98. The molecule has 0 bridgehead atoms. The first-order chi connectivity index (χ1) is 14.2. The normalized spacial score (nSPS) is 22.8. The molecular weight excluding hydrogens is 362 g/mol. The van der Waals surface area contributed by atoms with Crippen molar-refractivity contribution in [3.05, 3.63) is 40.6 Å². The number of carbonyl (C=O) groups excluding carboxylic acids is 1. The molecule has 5 rings (SSSR count). The summed E-state index contributed by atoms with van der Waals surface area (Å²) in [6, 6.07) is 6.34. The molecule has 2 fully saturated rings. The number of hydrogen-bond donors (Lipinski definition) is 0. The maximum Gasteiger partial charge on any atom is 0.254 e. The second-order valence-electron chi connectivity index (χ2n) is 8.96. The van der Waals surface area contributed by atoms with Crippen molar-refractivity contribution in [2.75, 3.05) is 45.9 Å². The Balaban J connectivity index is 1.40. The van der Waals surface area contributed by atoms with Crippen LogP contribution in [0.2, 0.25) is 0 Å². The van der Waals surface area contributed by atoms with E-state index in [1.807, 2.05) is 0 Å². The van der Waals surface area contributed by atoms with Crippen LogP contribution in [0.3, 0.4) is 0 Å². The van der Waals surface area contributed by atoms with Crippen LogP contribution in [0.25, 0.3) is 10.9 Å². The van der Waals surface area contributed by atoms with Gasteiger partial charge >= 0.3 is 0 Å². The molecule has 1 aromatic carbocycles. The highest BCUT2D eigenvalue weighted by atomic mass is 16.5. The maximum absolute atomic E-state index is 13.7. The Morgan fingerprint density at radius 1 is 1.17 bits per heavy atom. The molecular formula is C24H31N3O2. The number of aromatic nitrogens is 1. The first kappa shape index (κ1) is 19.0. The van der Waals surface area contributed by atoms with Gasteiger partial charge in [0.05, 0.1) is 17.7 Å². The molecule has 2 saturated heterocycles. The number of fused-ring (bicyclic) bond motifs is 2. The van der Waals surface area contributed by atoms with Crippen molar-refractivity contribution >= 4 is 16.8 Å². The standard InChI is InChI=1S/C24H31N3O2/c1-17-6-7-22-20(14-17)23(19-4-2-3-5-21(19)25-22)24(28)27-11-9-26(10-12-27)15-18-8-13-29-16-18/h6-7,14,18H,2-5,8-13,15-16H2,1H3. The number of aryl methyl sites for hydroxylation is 2. The van der Waals surface area contributed by atoms with Gasteiger partial charge in [-0.25, -0.2) is 0 Å². The van der Waals surface area contributed by atoms with Crippen LogP contribution in [-0.2, 0) is 17.6 Å². The Morgan fingerprint density at radius 2 is 2.00 bits per heavy atom. The van der Waals surface area contributed by atoms with Crippen molar-refractivity contribution in [3.8, 4) is 0 Å². The van der Waals surface area contributed by atoms with Crippen LogP contribution in [0.15, 0.2) is 18.2 Å². The largest absolute Gasteiger partial charge is 0.381 e. The molecule has 1 unspecified atom stereocenters. The lowest BCUT2D eigenvalue weighted by Crippen LogP contribution is -2.50. The predicted molar refractivity (Wildman–Crippen MR) is 114 cm³/mol. The fraction of sp³-hybridized carbons (Fsp3) is 0.583. The summed E-state index contributed by atoms with van der Waals surface area (Å²) in [7, 11) is 0. The number of hydrogen-bond acceptors (Lipinski definition) is 4. The smallest absolute Gasteiger partial charge is 0.254 e. The Morgan fingerprint density at radius 3 is 2.79 bits per heavy atom. The third kappa shape index (κ3) is 3.78. The minimum absolute atomic E-state index is 0.213. The van der Waals surface area contributed by atoms with Crippen LogP contribution in [-0.4, -0.2) is 66.6 Å². The number of benzene rings is 1. The van der Waals surface area contributed by atoms with Crippen molar-refractivity contribution in [2.45, 2.75) is 39.0 Å². The van der Waals surface area contributed by atoms with E-state index in [2.05, 4.69) is 34.9 Å². The van der Waals surface area contributed by atoms with E-state index in [1.165, 1.54) is 24.0 Å². The van der Waals surface area contributed by atoms with E-state index in [4.69, 9.17) is 9.72 Å². The summed E-state index contributed by atoms with van der Waals surface area (Å²) in [5.74, 6) is 0.876. The summed E-state index contributed by atoms with van der Waals surface area (Å²) in [4.78, 5) is 23.2. The molecule has 2 aromatic rings. The minimum atomic E-state index is 0.213. The van der Waals surface area contributed by atoms with Crippen LogP contribution in [0.4, 0.5) is 0 Å². The third-order valence-corrected chi connectivity index (χ3v) is 6.83. The molecule has 0 saturated carbocycles. The van der Waals surface area contributed by atoms with Crippen molar-refractivity contribution < 1.29 is 9.53 Å². The molecule has 1 atom stereocenters. The summed E-state index contributed by atoms with van der Waals surface area (Å²) in [6.45, 7) is 8.57. The predicted octanol–water partition coefficient (Wildman–Crippen LogP) is 3.22. The molecule has 5 heteroatoms. The molecule has 5 nitrogen and oxygen atoms in total. The van der Waals surface area contributed by atoms with Gasteiger partial charge in [-0.3, -0.25) is 14.7 Å². The zero-order chi connectivity index (χ0) is 19.8. The Labute approximate surface area is 173 Å². The highest BCUT2D eigenvalue weighted by molar-refractivity contribution is 6.08. The van der Waals surface area contributed by atoms with Crippen LogP contribution in [0.1, 0.15) is 46.4 Å². The van der Waals surface area contributed by atoms with Gasteiger partial charge in [0, 0.05) is 50.4 Å². The number of carbonyl (C=O) groups is 1. The summed E-state index contributed by atoms with van der Waals surface area (Å²) >= 11 is 0. The van der Waals surface area contributed by atoms with E-state index >= 15 is 0 Å². The fourth-order valence-electron chi connectivity index (χ4n) is 5.17. The molecule has 1 amide bonds. The average Bonchev–Trinajstić information content (AvgIpc) is 3.25. The van der Waals surface area contributed by atoms with Gasteiger partial charge in [-0.15, -0.1) is 0 Å². The van der Waals surface area contributed by atoms with Crippen molar-refractivity contribution in [3.63, 3.8) is 0 Å². The second-order valence-corrected chi connectivity index (χ2v) is 8.96. The van der Waals surface area contributed by atoms with E-state index in [0.717, 1.165) is 87.4 Å². The highest BCUT2D eigenvalue weighted by Crippen LogP contribution is 2.31. The molecule has 1 aliphatic carbocycles. The van der Waals surface area contributed by atoms with E-state index in [-0.39, 0.29) is 5.91 Å². The lowest BCUT2D eigenvalue weighted by molar-refractivity contribution is 0.0611. The molecule has 0 radical (unpaired) electrons. The summed E-state index contributed by atoms with van der Waals surface area (Å²) in [5.41, 5.74) is 5.46. The van der Waals surface area contributed by atoms with E-state index < -0.39 is 0 Å². The fourth-order valence-corrected chi connectivity index (χ4v) is 5.17. The Kier molecular flexibility index (Phi) is 5.27. The molecule has 3 aliphatic rings. The molecule has 2 aliphatic heterocycles. The van der Waals surface area contributed by atoms with E-state index in [1.54, 1.807) is 0 Å². The number of nitrogens with zero attached hydrogens (tertiary/aromatic N) is 3. The molecule has 154 valence electrons. The van der Waals surface area contributed by atoms with Gasteiger partial charge in [-0.1, -0.05) is 11.6 Å². The zero-order valence-corrected chi connectivity index (χ0v) is 17.5.